The zero-order valence-electron chi connectivity index (χ0n) is 11.4. The van der Waals surface area contributed by atoms with E-state index in [4.69, 9.17) is 0 Å². The first-order valence-electron chi connectivity index (χ1n) is 6.37. The highest BCUT2D eigenvalue weighted by molar-refractivity contribution is 7.89. The number of rotatable bonds is 4. The Morgan fingerprint density at radius 3 is 2.81 bits per heavy atom. The number of nitrogens with zero attached hydrogens (tertiary/aromatic N) is 3. The Morgan fingerprint density at radius 2 is 2.05 bits per heavy atom. The van der Waals surface area contributed by atoms with Crippen LogP contribution >= 0.6 is 0 Å². The minimum atomic E-state index is -3.63. The number of para-hydroxylation sites is 1. The first-order chi connectivity index (χ1) is 10.1. The molecular weight excluding hydrogens is 288 g/mol. The summed E-state index contributed by atoms with van der Waals surface area (Å²) in [6.07, 6.45) is 4.98. The average molecular weight is 302 g/mol. The van der Waals surface area contributed by atoms with Crippen LogP contribution in [0.25, 0.3) is 10.9 Å². The maximum Gasteiger partial charge on any atom is 0.243 e. The van der Waals surface area contributed by atoms with Crippen molar-refractivity contribution >= 4 is 20.9 Å². The number of hydrogen-bond donors (Lipinski definition) is 1. The van der Waals surface area contributed by atoms with Crippen LogP contribution in [0.4, 0.5) is 0 Å². The molecule has 1 N–H and O–H groups in total. The zero-order chi connectivity index (χ0) is 14.9. The van der Waals surface area contributed by atoms with Gasteiger partial charge >= 0.3 is 0 Å². The van der Waals surface area contributed by atoms with Crippen molar-refractivity contribution in [3.05, 3.63) is 54.5 Å². The summed E-state index contributed by atoms with van der Waals surface area (Å²) in [6, 6.07) is 8.72. The summed E-state index contributed by atoms with van der Waals surface area (Å²) in [4.78, 5) is 4.36. The van der Waals surface area contributed by atoms with Gasteiger partial charge in [-0.2, -0.15) is 5.10 Å². The Balaban J connectivity index is 1.93. The first kappa shape index (κ1) is 13.7. The van der Waals surface area contributed by atoms with Gasteiger partial charge < -0.3 is 0 Å². The lowest BCUT2D eigenvalue weighted by Gasteiger charge is -2.08. The van der Waals surface area contributed by atoms with E-state index in [0.717, 1.165) is 10.9 Å². The topological polar surface area (TPSA) is 76.9 Å². The lowest BCUT2D eigenvalue weighted by atomic mass is 10.2. The molecule has 108 valence electrons. The fourth-order valence-electron chi connectivity index (χ4n) is 2.11. The third kappa shape index (κ3) is 2.79. The van der Waals surface area contributed by atoms with Crippen LogP contribution in [0.15, 0.2) is 53.8 Å². The maximum atomic E-state index is 12.4. The molecule has 3 rings (SSSR count). The Labute approximate surface area is 122 Å². The molecule has 6 nitrogen and oxygen atoms in total. The van der Waals surface area contributed by atoms with Crippen LogP contribution in [0.5, 0.6) is 0 Å². The van der Waals surface area contributed by atoms with Gasteiger partial charge in [-0.25, -0.2) is 13.1 Å². The number of pyridine rings is 1. The maximum absolute atomic E-state index is 12.4. The molecule has 0 radical (unpaired) electrons. The quantitative estimate of drug-likeness (QED) is 0.791. The van der Waals surface area contributed by atoms with E-state index in [9.17, 15) is 8.42 Å². The number of sulfonamides is 1. The van der Waals surface area contributed by atoms with Crippen molar-refractivity contribution in [3.63, 3.8) is 0 Å². The van der Waals surface area contributed by atoms with Crippen molar-refractivity contribution in [3.8, 4) is 0 Å². The highest BCUT2D eigenvalue weighted by Crippen LogP contribution is 2.20. The fourth-order valence-corrected chi connectivity index (χ4v) is 3.31. The normalized spacial score (nSPS) is 11.9. The molecule has 0 aliphatic rings. The summed E-state index contributed by atoms with van der Waals surface area (Å²) in [5.41, 5.74) is 1.27. The van der Waals surface area contributed by atoms with Crippen molar-refractivity contribution in [2.45, 2.75) is 11.4 Å². The molecule has 1 aromatic carbocycles. The lowest BCUT2D eigenvalue weighted by molar-refractivity contribution is 0.582. The average Bonchev–Trinajstić information content (AvgIpc) is 2.90. The Bertz CT molecular complexity index is 881. The van der Waals surface area contributed by atoms with E-state index in [1.165, 1.54) is 0 Å². The van der Waals surface area contributed by atoms with E-state index in [-0.39, 0.29) is 11.4 Å². The van der Waals surface area contributed by atoms with E-state index < -0.39 is 10.0 Å². The third-order valence-corrected chi connectivity index (χ3v) is 4.54. The Morgan fingerprint density at radius 1 is 1.24 bits per heavy atom. The first-order valence-corrected chi connectivity index (χ1v) is 7.85. The molecule has 7 heteroatoms. The van der Waals surface area contributed by atoms with Gasteiger partial charge in [-0.3, -0.25) is 9.67 Å². The second-order valence-corrected chi connectivity index (χ2v) is 6.41. The summed E-state index contributed by atoms with van der Waals surface area (Å²) in [5, 5.41) is 4.80. The molecule has 0 saturated heterocycles. The van der Waals surface area contributed by atoms with E-state index in [0.29, 0.717) is 5.52 Å². The summed E-state index contributed by atoms with van der Waals surface area (Å²) in [5.74, 6) is 0. The number of nitrogens with one attached hydrogen (secondary N) is 1. The van der Waals surface area contributed by atoms with Gasteiger partial charge in [0, 0.05) is 36.9 Å². The molecule has 3 aromatic rings. The minimum absolute atomic E-state index is 0.185. The number of aromatic nitrogens is 3. The third-order valence-electron chi connectivity index (χ3n) is 3.11. The van der Waals surface area contributed by atoms with Gasteiger partial charge in [0.1, 0.15) is 4.90 Å². The van der Waals surface area contributed by atoms with Gasteiger partial charge in [0.2, 0.25) is 10.0 Å². The van der Waals surface area contributed by atoms with Crippen LogP contribution in [-0.2, 0) is 23.6 Å². The molecule has 0 spiro atoms. The number of benzene rings is 1. The second-order valence-electron chi connectivity index (χ2n) is 4.68. The van der Waals surface area contributed by atoms with E-state index >= 15 is 0 Å². The molecule has 2 heterocycles. The van der Waals surface area contributed by atoms with Crippen LogP contribution in [0.2, 0.25) is 0 Å². The second kappa shape index (κ2) is 5.27. The molecule has 0 aliphatic carbocycles. The van der Waals surface area contributed by atoms with Crippen molar-refractivity contribution in [2.75, 3.05) is 0 Å². The van der Waals surface area contributed by atoms with Gasteiger partial charge in [0.05, 0.1) is 11.7 Å². The summed E-state index contributed by atoms with van der Waals surface area (Å²) >= 11 is 0. The summed E-state index contributed by atoms with van der Waals surface area (Å²) in [6.45, 7) is 0.194. The molecule has 21 heavy (non-hydrogen) atoms. The van der Waals surface area contributed by atoms with Gasteiger partial charge in [-0.1, -0.05) is 18.2 Å². The molecule has 0 saturated carbocycles. The van der Waals surface area contributed by atoms with Crippen LogP contribution in [0, 0.1) is 0 Å². The van der Waals surface area contributed by atoms with E-state index in [2.05, 4.69) is 14.8 Å². The summed E-state index contributed by atoms with van der Waals surface area (Å²) < 4.78 is 29.1. The van der Waals surface area contributed by atoms with Crippen LogP contribution < -0.4 is 4.72 Å². The number of hydrogen-bond acceptors (Lipinski definition) is 4. The molecule has 0 fully saturated rings. The largest absolute Gasteiger partial charge is 0.275 e. The number of aryl methyl sites for hydroxylation is 1. The smallest absolute Gasteiger partial charge is 0.243 e. The fraction of sp³-hybridized carbons (Fsp3) is 0.143. The molecule has 0 aliphatic heterocycles. The van der Waals surface area contributed by atoms with Crippen LogP contribution in [0.3, 0.4) is 0 Å². The SMILES string of the molecule is Cn1cc(CNS(=O)(=O)c2cccc3cccnc23)cn1. The zero-order valence-corrected chi connectivity index (χ0v) is 12.2. The van der Waals surface area contributed by atoms with Gasteiger partial charge in [-0.15, -0.1) is 0 Å². The molecular formula is C14H14N4O2S. The van der Waals surface area contributed by atoms with Gasteiger partial charge in [0.15, 0.2) is 0 Å². The number of fused-ring (bicyclic) bond motifs is 1. The van der Waals surface area contributed by atoms with Crippen molar-refractivity contribution in [2.24, 2.45) is 7.05 Å². The van der Waals surface area contributed by atoms with E-state index in [1.807, 2.05) is 12.1 Å². The highest BCUT2D eigenvalue weighted by Gasteiger charge is 2.17. The van der Waals surface area contributed by atoms with Crippen LogP contribution in [-0.4, -0.2) is 23.2 Å². The van der Waals surface area contributed by atoms with Crippen molar-refractivity contribution in [1.29, 1.82) is 0 Å². The summed E-state index contributed by atoms with van der Waals surface area (Å²) in [7, 11) is -1.84. The Kier molecular flexibility index (Phi) is 3.44. The lowest BCUT2D eigenvalue weighted by Crippen LogP contribution is -2.23. The van der Waals surface area contributed by atoms with Crippen molar-refractivity contribution < 1.29 is 8.42 Å². The van der Waals surface area contributed by atoms with Gasteiger partial charge in [0.25, 0.3) is 0 Å². The molecule has 0 unspecified atom stereocenters. The molecule has 0 bridgehead atoms. The molecule has 0 amide bonds. The van der Waals surface area contributed by atoms with E-state index in [1.54, 1.807) is 48.5 Å². The molecule has 2 aromatic heterocycles. The highest BCUT2D eigenvalue weighted by atomic mass is 32.2. The van der Waals surface area contributed by atoms with Crippen molar-refractivity contribution in [1.82, 2.24) is 19.5 Å². The predicted octanol–water partition coefficient (Wildman–Crippen LogP) is 1.45. The monoisotopic (exact) mass is 302 g/mol. The standard InChI is InChI=1S/C14H14N4O2S/c1-18-10-11(8-16-18)9-17-21(19,20)13-6-2-4-12-5-3-7-15-14(12)13/h2-8,10,17H,9H2,1H3. The molecule has 0 atom stereocenters. The van der Waals surface area contributed by atoms with Crippen LogP contribution in [0.1, 0.15) is 5.56 Å². The van der Waals surface area contributed by atoms with Gasteiger partial charge in [-0.05, 0) is 12.1 Å². The minimum Gasteiger partial charge on any atom is -0.275 e. The predicted molar refractivity (Wildman–Crippen MR) is 79.0 cm³/mol. The Hall–Kier alpha value is -2.25.